The molecule has 0 saturated carbocycles. The molecule has 1 aliphatic rings. The second-order valence-electron chi connectivity index (χ2n) is 7.31. The van der Waals surface area contributed by atoms with E-state index in [1.165, 1.54) is 11.1 Å². The molecule has 0 radical (unpaired) electrons. The third kappa shape index (κ3) is 8.84. The zero-order valence-corrected chi connectivity index (χ0v) is 21.3. The van der Waals surface area contributed by atoms with Gasteiger partial charge >= 0.3 is 0 Å². The maximum atomic E-state index is 5.80. The Morgan fingerprint density at radius 2 is 1.78 bits per heavy atom. The molecule has 0 aliphatic carbocycles. The molecule has 0 spiro atoms. The van der Waals surface area contributed by atoms with Crippen molar-refractivity contribution in [3.8, 4) is 11.5 Å². The Labute approximate surface area is 208 Å². The van der Waals surface area contributed by atoms with E-state index in [1.807, 2.05) is 24.3 Å². The molecule has 3 rings (SSSR count). The molecule has 32 heavy (non-hydrogen) atoms. The summed E-state index contributed by atoms with van der Waals surface area (Å²) in [6.45, 7) is 9.21. The summed E-state index contributed by atoms with van der Waals surface area (Å²) < 4.78 is 16.5. The van der Waals surface area contributed by atoms with Gasteiger partial charge in [-0.25, -0.2) is 4.99 Å². The molecule has 0 bridgehead atoms. The van der Waals surface area contributed by atoms with Crippen LogP contribution in [0, 0.1) is 0 Å². The molecule has 1 aliphatic heterocycles. The minimum Gasteiger partial charge on any atom is -0.497 e. The average Bonchev–Trinajstić information content (AvgIpc) is 2.82. The number of methoxy groups -OCH3 is 1. The van der Waals surface area contributed by atoms with E-state index in [0.717, 1.165) is 56.9 Å². The maximum Gasteiger partial charge on any atom is 0.191 e. The number of hydrogen-bond donors (Lipinski definition) is 2. The Hall–Kier alpha value is -2.04. The molecule has 8 heteroatoms. The van der Waals surface area contributed by atoms with Crippen LogP contribution in [-0.2, 0) is 17.8 Å². The lowest BCUT2D eigenvalue weighted by molar-refractivity contribution is 0.0341. The van der Waals surface area contributed by atoms with Crippen molar-refractivity contribution >= 4 is 29.9 Å². The number of morpholine rings is 1. The summed E-state index contributed by atoms with van der Waals surface area (Å²) in [5.41, 5.74) is 2.57. The minimum absolute atomic E-state index is 0. The Bertz CT molecular complexity index is 828. The molecule has 7 nitrogen and oxygen atoms in total. The molecule has 2 aromatic carbocycles. The Morgan fingerprint density at radius 3 is 2.53 bits per heavy atom. The molecule has 1 saturated heterocycles. The number of nitrogens with one attached hydrogen (secondary N) is 2. The fourth-order valence-electron chi connectivity index (χ4n) is 3.40. The van der Waals surface area contributed by atoms with Crippen molar-refractivity contribution in [3.63, 3.8) is 0 Å². The van der Waals surface area contributed by atoms with Crippen molar-refractivity contribution in [1.29, 1.82) is 0 Å². The first-order valence-corrected chi connectivity index (χ1v) is 10.9. The van der Waals surface area contributed by atoms with Crippen LogP contribution in [0.5, 0.6) is 11.5 Å². The van der Waals surface area contributed by atoms with Crippen LogP contribution in [0.1, 0.15) is 18.1 Å². The smallest absolute Gasteiger partial charge is 0.191 e. The lowest BCUT2D eigenvalue weighted by Gasteiger charge is -2.27. The summed E-state index contributed by atoms with van der Waals surface area (Å²) in [6, 6.07) is 16.2. The van der Waals surface area contributed by atoms with E-state index >= 15 is 0 Å². The Morgan fingerprint density at radius 1 is 1.03 bits per heavy atom. The Balaban J connectivity index is 0.00000363. The molecule has 176 valence electrons. The van der Waals surface area contributed by atoms with Crippen molar-refractivity contribution in [2.45, 2.75) is 20.0 Å². The second kappa shape index (κ2) is 14.9. The van der Waals surface area contributed by atoms with Crippen molar-refractivity contribution in [2.24, 2.45) is 4.99 Å². The first kappa shape index (κ1) is 26.2. The highest BCUT2D eigenvalue weighted by Crippen LogP contribution is 2.18. The Kier molecular flexibility index (Phi) is 12.2. The van der Waals surface area contributed by atoms with Gasteiger partial charge in [-0.15, -0.1) is 24.0 Å². The normalized spacial score (nSPS) is 14.4. The van der Waals surface area contributed by atoms with Gasteiger partial charge in [-0.05, 0) is 30.2 Å². The van der Waals surface area contributed by atoms with E-state index in [-0.39, 0.29) is 24.0 Å². The fourth-order valence-corrected chi connectivity index (χ4v) is 3.40. The highest BCUT2D eigenvalue weighted by molar-refractivity contribution is 14.0. The molecular formula is C24H35IN4O3. The number of ether oxygens (including phenoxy) is 3. The van der Waals surface area contributed by atoms with Gasteiger partial charge in [0, 0.05) is 32.2 Å². The van der Waals surface area contributed by atoms with Crippen LogP contribution in [0.3, 0.4) is 0 Å². The van der Waals surface area contributed by atoms with Gasteiger partial charge in [-0.1, -0.05) is 30.3 Å². The van der Waals surface area contributed by atoms with Crippen molar-refractivity contribution < 1.29 is 14.2 Å². The monoisotopic (exact) mass is 554 g/mol. The van der Waals surface area contributed by atoms with Gasteiger partial charge in [-0.2, -0.15) is 0 Å². The topological polar surface area (TPSA) is 67.4 Å². The molecule has 0 unspecified atom stereocenters. The van der Waals surface area contributed by atoms with E-state index in [4.69, 9.17) is 19.2 Å². The summed E-state index contributed by atoms with van der Waals surface area (Å²) in [4.78, 5) is 7.22. The van der Waals surface area contributed by atoms with E-state index in [1.54, 1.807) is 7.11 Å². The SMILES string of the molecule is CCNC(=NCc1ccccc1CN1CCOCC1)NCCOc1cccc(OC)c1.I. The van der Waals surface area contributed by atoms with Crippen molar-refractivity contribution in [3.05, 3.63) is 59.7 Å². The van der Waals surface area contributed by atoms with Gasteiger partial charge in [0.25, 0.3) is 0 Å². The van der Waals surface area contributed by atoms with E-state index in [0.29, 0.717) is 19.7 Å². The largest absolute Gasteiger partial charge is 0.497 e. The zero-order chi connectivity index (χ0) is 21.7. The number of aliphatic imine (C=N–C) groups is 1. The first-order chi connectivity index (χ1) is 15.3. The number of guanidine groups is 1. The fraction of sp³-hybridized carbons (Fsp3) is 0.458. The van der Waals surface area contributed by atoms with E-state index < -0.39 is 0 Å². The maximum absolute atomic E-state index is 5.80. The highest BCUT2D eigenvalue weighted by atomic mass is 127. The van der Waals surface area contributed by atoms with Gasteiger partial charge in [0.15, 0.2) is 5.96 Å². The van der Waals surface area contributed by atoms with E-state index in [9.17, 15) is 0 Å². The van der Waals surface area contributed by atoms with Crippen molar-refractivity contribution in [1.82, 2.24) is 15.5 Å². The summed E-state index contributed by atoms with van der Waals surface area (Å²) in [5, 5.41) is 6.65. The molecule has 2 aromatic rings. The van der Waals surface area contributed by atoms with Gasteiger partial charge < -0.3 is 24.8 Å². The predicted octanol–water partition coefficient (Wildman–Crippen LogP) is 3.28. The number of halogens is 1. The molecule has 0 amide bonds. The quantitative estimate of drug-likeness (QED) is 0.204. The second-order valence-corrected chi connectivity index (χ2v) is 7.31. The van der Waals surface area contributed by atoms with Crippen LogP contribution in [0.15, 0.2) is 53.5 Å². The minimum atomic E-state index is 0. The van der Waals surface area contributed by atoms with Crippen LogP contribution in [-0.4, -0.2) is 64.0 Å². The van der Waals surface area contributed by atoms with Crippen LogP contribution < -0.4 is 20.1 Å². The van der Waals surface area contributed by atoms with Gasteiger partial charge in [0.05, 0.1) is 33.4 Å². The van der Waals surface area contributed by atoms with Crippen LogP contribution in [0.4, 0.5) is 0 Å². The predicted molar refractivity (Wildman–Crippen MR) is 139 cm³/mol. The highest BCUT2D eigenvalue weighted by Gasteiger charge is 2.12. The zero-order valence-electron chi connectivity index (χ0n) is 19.0. The standard InChI is InChI=1S/C24H34N4O3.HI/c1-3-25-24(26-11-14-31-23-10-6-9-22(17-23)29-2)27-18-20-7-4-5-8-21(20)19-28-12-15-30-16-13-28;/h4-10,17H,3,11-16,18-19H2,1-2H3,(H2,25,26,27);1H. The summed E-state index contributed by atoms with van der Waals surface area (Å²) >= 11 is 0. The number of nitrogens with zero attached hydrogens (tertiary/aromatic N) is 2. The number of benzene rings is 2. The van der Waals surface area contributed by atoms with Gasteiger partial charge in [0.1, 0.15) is 18.1 Å². The third-order valence-corrected chi connectivity index (χ3v) is 5.07. The summed E-state index contributed by atoms with van der Waals surface area (Å²) in [5.74, 6) is 2.37. The molecule has 0 aromatic heterocycles. The summed E-state index contributed by atoms with van der Waals surface area (Å²) in [7, 11) is 1.65. The third-order valence-electron chi connectivity index (χ3n) is 5.07. The number of hydrogen-bond acceptors (Lipinski definition) is 5. The van der Waals surface area contributed by atoms with Gasteiger partial charge in [-0.3, -0.25) is 4.90 Å². The lowest BCUT2D eigenvalue weighted by atomic mass is 10.1. The molecule has 2 N–H and O–H groups in total. The van der Waals surface area contributed by atoms with Gasteiger partial charge in [0.2, 0.25) is 0 Å². The molecule has 1 heterocycles. The average molecular weight is 554 g/mol. The van der Waals surface area contributed by atoms with E-state index in [2.05, 4.69) is 46.7 Å². The van der Waals surface area contributed by atoms with Crippen LogP contribution in [0.2, 0.25) is 0 Å². The first-order valence-electron chi connectivity index (χ1n) is 10.9. The van der Waals surface area contributed by atoms with Crippen LogP contribution in [0.25, 0.3) is 0 Å². The number of rotatable bonds is 10. The molecule has 0 atom stereocenters. The molecule has 1 fully saturated rings. The summed E-state index contributed by atoms with van der Waals surface area (Å²) in [6.07, 6.45) is 0. The molecular weight excluding hydrogens is 519 g/mol. The van der Waals surface area contributed by atoms with Crippen molar-refractivity contribution in [2.75, 3.05) is 53.1 Å². The van der Waals surface area contributed by atoms with Crippen LogP contribution >= 0.6 is 24.0 Å². The lowest BCUT2D eigenvalue weighted by Crippen LogP contribution is -2.39.